The molecule has 1 aromatic heterocycles. The molecular formula is C4H4N2OS. The van der Waals surface area contributed by atoms with Crippen molar-refractivity contribution in [1.29, 1.82) is 0 Å². The highest BCUT2D eigenvalue weighted by atomic mass is 32.1. The molecule has 42 valence electrons. The highest BCUT2D eigenvalue weighted by Gasteiger charge is 1.97. The van der Waals surface area contributed by atoms with Gasteiger partial charge >= 0.3 is 0 Å². The summed E-state index contributed by atoms with van der Waals surface area (Å²) in [5.41, 5.74) is 6.46. The summed E-state index contributed by atoms with van der Waals surface area (Å²) in [6, 6.07) is 0. The van der Waals surface area contributed by atoms with Crippen LogP contribution in [0.25, 0.3) is 0 Å². The number of nitrogens with zero attached hydrogens (tertiary/aromatic N) is 1. The highest BCUT2D eigenvalue weighted by Crippen LogP contribution is 2.02. The van der Waals surface area contributed by atoms with Crippen molar-refractivity contribution in [3.8, 4) is 0 Å². The number of carbonyl (C=O) groups excluding carboxylic acids is 1. The van der Waals surface area contributed by atoms with Gasteiger partial charge in [-0.3, -0.25) is 9.78 Å². The van der Waals surface area contributed by atoms with E-state index in [9.17, 15) is 4.79 Å². The van der Waals surface area contributed by atoms with Gasteiger partial charge in [0.15, 0.2) is 0 Å². The maximum Gasteiger partial charge on any atom is 0.260 e. The minimum absolute atomic E-state index is 0.410. The second kappa shape index (κ2) is 1.92. The van der Waals surface area contributed by atoms with Crippen LogP contribution in [-0.4, -0.2) is 10.9 Å². The minimum atomic E-state index is -0.410. The monoisotopic (exact) mass is 128 g/mol. The molecule has 2 N–H and O–H groups in total. The van der Waals surface area contributed by atoms with Gasteiger partial charge in [-0.05, 0) is 0 Å². The summed E-state index contributed by atoms with van der Waals surface area (Å²) in [7, 11) is 0. The van der Waals surface area contributed by atoms with Crippen LogP contribution in [0.5, 0.6) is 0 Å². The molecule has 0 radical (unpaired) electrons. The Hall–Kier alpha value is -0.900. The third-order valence-electron chi connectivity index (χ3n) is 0.675. The number of hydrogen-bond acceptors (Lipinski definition) is 3. The fourth-order valence-corrected chi connectivity index (χ4v) is 0.811. The first-order valence-corrected chi connectivity index (χ1v) is 2.87. The zero-order valence-electron chi connectivity index (χ0n) is 4.00. The number of carbonyl (C=O) groups is 1. The van der Waals surface area contributed by atoms with E-state index in [1.165, 1.54) is 17.5 Å². The Morgan fingerprint density at radius 1 is 1.88 bits per heavy atom. The van der Waals surface area contributed by atoms with E-state index >= 15 is 0 Å². The van der Waals surface area contributed by atoms with Crippen molar-refractivity contribution in [2.45, 2.75) is 0 Å². The molecule has 0 aliphatic carbocycles. The molecule has 0 aliphatic heterocycles. The average molecular weight is 128 g/mol. The summed E-state index contributed by atoms with van der Waals surface area (Å²) in [6.45, 7) is 0. The van der Waals surface area contributed by atoms with Crippen LogP contribution in [0.3, 0.4) is 0 Å². The molecule has 4 heteroatoms. The molecular weight excluding hydrogens is 124 g/mol. The number of hydrogen-bond donors (Lipinski definition) is 1. The lowest BCUT2D eigenvalue weighted by Gasteiger charge is -1.78. The zero-order chi connectivity index (χ0) is 5.98. The standard InChI is InChI=1S/C4H4N2OS/c5-4(7)3-1-6-2-8-3/h1-2H,(H2,5,7). The molecule has 1 heterocycles. The van der Waals surface area contributed by atoms with Gasteiger partial charge in [-0.2, -0.15) is 0 Å². The van der Waals surface area contributed by atoms with Gasteiger partial charge in [0.25, 0.3) is 5.91 Å². The summed E-state index contributed by atoms with van der Waals surface area (Å²) in [5.74, 6) is -0.410. The van der Waals surface area contributed by atoms with E-state index in [1.54, 1.807) is 5.51 Å². The zero-order valence-corrected chi connectivity index (χ0v) is 4.81. The Morgan fingerprint density at radius 2 is 2.62 bits per heavy atom. The Morgan fingerprint density at radius 3 is 2.88 bits per heavy atom. The molecule has 0 bridgehead atoms. The second-order valence-electron chi connectivity index (χ2n) is 1.23. The smallest absolute Gasteiger partial charge is 0.260 e. The molecule has 0 aromatic carbocycles. The quantitative estimate of drug-likeness (QED) is 0.589. The lowest BCUT2D eigenvalue weighted by molar-refractivity contribution is 0.100. The van der Waals surface area contributed by atoms with Gasteiger partial charge in [-0.1, -0.05) is 0 Å². The van der Waals surface area contributed by atoms with E-state index < -0.39 is 5.91 Å². The Kier molecular flexibility index (Phi) is 1.26. The van der Waals surface area contributed by atoms with Crippen LogP contribution in [0.15, 0.2) is 11.7 Å². The molecule has 0 atom stereocenters. The summed E-state index contributed by atoms with van der Waals surface area (Å²) in [6.07, 6.45) is 1.45. The van der Waals surface area contributed by atoms with Crippen molar-refractivity contribution in [2.75, 3.05) is 0 Å². The fourth-order valence-electron chi connectivity index (χ4n) is 0.337. The van der Waals surface area contributed by atoms with Crippen LogP contribution in [-0.2, 0) is 0 Å². The van der Waals surface area contributed by atoms with Crippen LogP contribution in [0, 0.1) is 0 Å². The topological polar surface area (TPSA) is 56.0 Å². The summed E-state index contributed by atoms with van der Waals surface area (Å²) in [4.78, 5) is 14.4. The molecule has 1 rings (SSSR count). The lowest BCUT2D eigenvalue weighted by atomic mass is 10.5. The highest BCUT2D eigenvalue weighted by molar-refractivity contribution is 7.11. The molecule has 0 unspecified atom stereocenters. The number of rotatable bonds is 1. The van der Waals surface area contributed by atoms with Gasteiger partial charge in [0, 0.05) is 0 Å². The molecule has 1 aromatic rings. The van der Waals surface area contributed by atoms with Crippen LogP contribution in [0.1, 0.15) is 9.67 Å². The van der Waals surface area contributed by atoms with Crippen molar-refractivity contribution >= 4 is 17.2 Å². The molecule has 0 spiro atoms. The average Bonchev–Trinajstić information content (AvgIpc) is 2.12. The van der Waals surface area contributed by atoms with Gasteiger partial charge in [0.2, 0.25) is 0 Å². The first-order chi connectivity index (χ1) is 3.80. The molecule has 3 nitrogen and oxygen atoms in total. The normalized spacial score (nSPS) is 9.00. The summed E-state index contributed by atoms with van der Waals surface area (Å²) >= 11 is 1.25. The number of thiazole rings is 1. The maximum absolute atomic E-state index is 10.3. The first-order valence-electron chi connectivity index (χ1n) is 1.99. The van der Waals surface area contributed by atoms with Crippen molar-refractivity contribution in [1.82, 2.24) is 4.98 Å². The second-order valence-corrected chi connectivity index (χ2v) is 2.12. The summed E-state index contributed by atoms with van der Waals surface area (Å²) < 4.78 is 0. The van der Waals surface area contributed by atoms with Crippen molar-refractivity contribution in [3.05, 3.63) is 16.6 Å². The van der Waals surface area contributed by atoms with E-state index in [-0.39, 0.29) is 0 Å². The number of amides is 1. The van der Waals surface area contributed by atoms with Crippen LogP contribution in [0.4, 0.5) is 0 Å². The van der Waals surface area contributed by atoms with Crippen molar-refractivity contribution in [3.63, 3.8) is 0 Å². The minimum Gasteiger partial charge on any atom is -0.365 e. The van der Waals surface area contributed by atoms with Crippen molar-refractivity contribution < 1.29 is 4.79 Å². The largest absolute Gasteiger partial charge is 0.365 e. The van der Waals surface area contributed by atoms with Crippen molar-refractivity contribution in [2.24, 2.45) is 5.73 Å². The molecule has 0 aliphatic rings. The number of primary amides is 1. The van der Waals surface area contributed by atoms with E-state index in [1.807, 2.05) is 0 Å². The molecule has 1 amide bonds. The number of aromatic nitrogens is 1. The van der Waals surface area contributed by atoms with Gasteiger partial charge < -0.3 is 5.73 Å². The Bertz CT molecular complexity index is 182. The van der Waals surface area contributed by atoms with Crippen LogP contribution >= 0.6 is 11.3 Å². The molecule has 8 heavy (non-hydrogen) atoms. The lowest BCUT2D eigenvalue weighted by Crippen LogP contribution is -2.08. The van der Waals surface area contributed by atoms with Crippen LogP contribution in [0.2, 0.25) is 0 Å². The van der Waals surface area contributed by atoms with E-state index in [0.717, 1.165) is 0 Å². The first kappa shape index (κ1) is 5.24. The number of nitrogens with two attached hydrogens (primary N) is 1. The third kappa shape index (κ3) is 0.840. The predicted octanol–water partition coefficient (Wildman–Crippen LogP) is 0.242. The summed E-state index contributed by atoms with van der Waals surface area (Å²) in [5, 5.41) is 0. The predicted molar refractivity (Wildman–Crippen MR) is 30.6 cm³/mol. The third-order valence-corrected chi connectivity index (χ3v) is 1.46. The van der Waals surface area contributed by atoms with Gasteiger partial charge in [-0.25, -0.2) is 0 Å². The Labute approximate surface area is 50.2 Å². The van der Waals surface area contributed by atoms with Crippen LogP contribution < -0.4 is 5.73 Å². The van der Waals surface area contributed by atoms with E-state index in [2.05, 4.69) is 4.98 Å². The molecule has 0 fully saturated rings. The molecule has 0 saturated heterocycles. The Balaban J connectivity index is 2.93. The van der Waals surface area contributed by atoms with Gasteiger partial charge in [0.05, 0.1) is 11.7 Å². The van der Waals surface area contributed by atoms with Gasteiger partial charge in [-0.15, -0.1) is 11.3 Å². The van der Waals surface area contributed by atoms with Gasteiger partial charge in [0.1, 0.15) is 4.88 Å². The van der Waals surface area contributed by atoms with E-state index in [0.29, 0.717) is 4.88 Å². The fraction of sp³-hybridized carbons (Fsp3) is 0. The van der Waals surface area contributed by atoms with E-state index in [4.69, 9.17) is 5.73 Å². The SMILES string of the molecule is NC(=O)c1cncs1. The molecule has 0 saturated carbocycles. The maximum atomic E-state index is 10.3.